The maximum atomic E-state index is 12.0. The Hall–Kier alpha value is -1.86. The Kier molecular flexibility index (Phi) is 9.99. The van der Waals surface area contributed by atoms with E-state index in [1.54, 1.807) is 20.8 Å². The van der Waals surface area contributed by atoms with Crippen LogP contribution in [0.3, 0.4) is 0 Å². The lowest BCUT2D eigenvalue weighted by molar-refractivity contribution is -0.144. The quantitative estimate of drug-likeness (QED) is 0.494. The Bertz CT molecular complexity index is 421. The van der Waals surface area contributed by atoms with E-state index in [1.807, 2.05) is 0 Å². The molecule has 0 saturated carbocycles. The Morgan fingerprint density at radius 1 is 1.04 bits per heavy atom. The highest BCUT2D eigenvalue weighted by Crippen LogP contribution is 2.18. The van der Waals surface area contributed by atoms with Crippen molar-refractivity contribution in [3.8, 4) is 0 Å². The fourth-order valence-corrected chi connectivity index (χ4v) is 2.14. The maximum Gasteiger partial charge on any atom is 0.408 e. The molecule has 24 heavy (non-hydrogen) atoms. The first-order valence-corrected chi connectivity index (χ1v) is 8.08. The summed E-state index contributed by atoms with van der Waals surface area (Å²) in [6.07, 6.45) is 1.51. The van der Waals surface area contributed by atoms with Gasteiger partial charge >= 0.3 is 18.0 Å². The summed E-state index contributed by atoms with van der Waals surface area (Å²) in [5.41, 5.74) is -0.782. The number of hydrogen-bond acceptors (Lipinski definition) is 4. The number of halogens is 1. The van der Waals surface area contributed by atoms with Crippen LogP contribution in [-0.4, -0.2) is 46.6 Å². The molecule has 0 unspecified atom stereocenters. The zero-order valence-corrected chi connectivity index (χ0v) is 14.5. The van der Waals surface area contributed by atoms with Crippen LogP contribution in [0.2, 0.25) is 0 Å². The lowest BCUT2D eigenvalue weighted by Gasteiger charge is -2.23. The van der Waals surface area contributed by atoms with Gasteiger partial charge in [-0.1, -0.05) is 19.3 Å². The fourth-order valence-electron chi connectivity index (χ4n) is 2.14. The van der Waals surface area contributed by atoms with Crippen molar-refractivity contribution in [2.75, 3.05) is 6.67 Å². The van der Waals surface area contributed by atoms with Gasteiger partial charge in [-0.25, -0.2) is 9.59 Å². The van der Waals surface area contributed by atoms with E-state index < -0.39 is 42.3 Å². The van der Waals surface area contributed by atoms with E-state index in [0.717, 1.165) is 0 Å². The van der Waals surface area contributed by atoms with Crippen LogP contribution in [0, 0.1) is 5.92 Å². The summed E-state index contributed by atoms with van der Waals surface area (Å²) in [5, 5.41) is 20.6. The lowest BCUT2D eigenvalue weighted by Crippen LogP contribution is -2.45. The van der Waals surface area contributed by atoms with Gasteiger partial charge in [0, 0.05) is 0 Å². The largest absolute Gasteiger partial charge is 0.481 e. The van der Waals surface area contributed by atoms with Crippen LogP contribution in [0.15, 0.2) is 0 Å². The van der Waals surface area contributed by atoms with Crippen LogP contribution in [0.25, 0.3) is 0 Å². The van der Waals surface area contributed by atoms with Gasteiger partial charge in [0.25, 0.3) is 0 Å². The zero-order chi connectivity index (χ0) is 18.8. The van der Waals surface area contributed by atoms with E-state index in [1.165, 1.54) is 0 Å². The second kappa shape index (κ2) is 10.8. The molecule has 7 nitrogen and oxygen atoms in total. The molecular weight excluding hydrogens is 321 g/mol. The summed E-state index contributed by atoms with van der Waals surface area (Å²) < 4.78 is 17.0. The zero-order valence-electron chi connectivity index (χ0n) is 14.5. The van der Waals surface area contributed by atoms with Gasteiger partial charge in [0.15, 0.2) is 0 Å². The molecule has 8 heteroatoms. The van der Waals surface area contributed by atoms with Gasteiger partial charge < -0.3 is 20.3 Å². The van der Waals surface area contributed by atoms with Crippen LogP contribution in [0.5, 0.6) is 0 Å². The first-order valence-electron chi connectivity index (χ1n) is 8.08. The van der Waals surface area contributed by atoms with Gasteiger partial charge in [-0.3, -0.25) is 9.18 Å². The maximum absolute atomic E-state index is 12.0. The predicted octanol–water partition coefficient (Wildman–Crippen LogP) is 2.98. The molecule has 140 valence electrons. The first kappa shape index (κ1) is 22.1. The third kappa shape index (κ3) is 10.8. The molecule has 1 amide bonds. The third-order valence-corrected chi connectivity index (χ3v) is 3.29. The summed E-state index contributed by atoms with van der Waals surface area (Å²) >= 11 is 0. The first-order chi connectivity index (χ1) is 11.1. The number of amides is 1. The summed E-state index contributed by atoms with van der Waals surface area (Å²) in [5.74, 6) is -3.33. The van der Waals surface area contributed by atoms with Gasteiger partial charge in [-0.2, -0.15) is 0 Å². The normalized spacial score (nSPS) is 13.8. The fraction of sp³-hybridized carbons (Fsp3) is 0.812. The minimum Gasteiger partial charge on any atom is -0.481 e. The van der Waals surface area contributed by atoms with Gasteiger partial charge in [0.1, 0.15) is 11.6 Å². The molecule has 0 rings (SSSR count). The predicted molar refractivity (Wildman–Crippen MR) is 85.6 cm³/mol. The molecule has 0 radical (unpaired) electrons. The second-order valence-corrected chi connectivity index (χ2v) is 6.70. The minimum atomic E-state index is -1.34. The number of alkyl halides is 1. The molecule has 0 aromatic carbocycles. The Morgan fingerprint density at radius 3 is 2.08 bits per heavy atom. The number of carbonyl (C=O) groups is 3. The number of alkyl carbamates (subject to hydrolysis) is 1. The Balaban J connectivity index is 4.59. The standard InChI is InChI=1S/C16H28FNO6/c1-16(2,3)24-15(23)18-12(14(21)22)10-11(13(19)20)8-6-4-5-7-9-17/h11-12H,4-10H2,1-3H3,(H,18,23)(H,19,20)(H,21,22)/t11-,12-/m0/s1. The number of carbonyl (C=O) groups excluding carboxylic acids is 1. The Morgan fingerprint density at radius 2 is 1.62 bits per heavy atom. The molecule has 0 bridgehead atoms. The number of carboxylic acids is 2. The highest BCUT2D eigenvalue weighted by molar-refractivity contribution is 5.81. The molecule has 0 aromatic rings. The number of nitrogens with one attached hydrogen (secondary N) is 1. The Labute approximate surface area is 141 Å². The molecule has 0 aliphatic carbocycles. The molecule has 0 spiro atoms. The second-order valence-electron chi connectivity index (χ2n) is 6.70. The number of hydrogen-bond donors (Lipinski definition) is 3. The van der Waals surface area contributed by atoms with Crippen LogP contribution in [0.4, 0.5) is 9.18 Å². The molecule has 0 heterocycles. The number of ether oxygens (including phenoxy) is 1. The van der Waals surface area contributed by atoms with Crippen molar-refractivity contribution in [2.24, 2.45) is 5.92 Å². The number of unbranched alkanes of at least 4 members (excludes halogenated alkanes) is 3. The molecule has 0 saturated heterocycles. The smallest absolute Gasteiger partial charge is 0.408 e. The number of carboxylic acid groups (broad SMARTS) is 2. The molecule has 0 fully saturated rings. The van der Waals surface area contributed by atoms with Crippen molar-refractivity contribution >= 4 is 18.0 Å². The van der Waals surface area contributed by atoms with E-state index in [2.05, 4.69) is 5.32 Å². The molecule has 3 N–H and O–H groups in total. The summed E-state index contributed by atoms with van der Waals surface area (Å²) in [7, 11) is 0. The van der Waals surface area contributed by atoms with Gasteiger partial charge in [-0.15, -0.1) is 0 Å². The van der Waals surface area contributed by atoms with Crippen molar-refractivity contribution < 1.29 is 33.7 Å². The monoisotopic (exact) mass is 349 g/mol. The van der Waals surface area contributed by atoms with Crippen LogP contribution < -0.4 is 5.32 Å². The van der Waals surface area contributed by atoms with Crippen molar-refractivity contribution in [3.05, 3.63) is 0 Å². The van der Waals surface area contributed by atoms with Gasteiger partial charge in [0.2, 0.25) is 0 Å². The van der Waals surface area contributed by atoms with Gasteiger partial charge in [-0.05, 0) is 40.0 Å². The summed E-state index contributed by atoms with van der Waals surface area (Å²) in [4.78, 5) is 34.2. The van der Waals surface area contributed by atoms with Crippen LogP contribution in [-0.2, 0) is 14.3 Å². The lowest BCUT2D eigenvalue weighted by atomic mass is 9.93. The van der Waals surface area contributed by atoms with Crippen LogP contribution in [0.1, 0.15) is 59.3 Å². The molecule has 2 atom stereocenters. The van der Waals surface area contributed by atoms with Crippen molar-refractivity contribution in [1.82, 2.24) is 5.32 Å². The topological polar surface area (TPSA) is 113 Å². The summed E-state index contributed by atoms with van der Waals surface area (Å²) in [6.45, 7) is 4.52. The summed E-state index contributed by atoms with van der Waals surface area (Å²) in [6, 6.07) is -1.34. The third-order valence-electron chi connectivity index (χ3n) is 3.29. The van der Waals surface area contributed by atoms with Crippen LogP contribution >= 0.6 is 0 Å². The van der Waals surface area contributed by atoms with Crippen molar-refractivity contribution in [3.63, 3.8) is 0 Å². The SMILES string of the molecule is CC(C)(C)OC(=O)N[C@@H](C[C@H](CCCCCCF)C(=O)O)C(=O)O. The van der Waals surface area contributed by atoms with Crippen molar-refractivity contribution in [1.29, 1.82) is 0 Å². The average Bonchev–Trinajstić information content (AvgIpc) is 2.42. The molecular formula is C16H28FNO6. The molecule has 0 aromatic heterocycles. The molecule has 0 aliphatic rings. The number of aliphatic carboxylic acids is 2. The molecule has 0 aliphatic heterocycles. The van der Waals surface area contributed by atoms with E-state index in [4.69, 9.17) is 4.74 Å². The average molecular weight is 349 g/mol. The van der Waals surface area contributed by atoms with Crippen molar-refractivity contribution in [2.45, 2.75) is 70.9 Å². The van der Waals surface area contributed by atoms with E-state index in [0.29, 0.717) is 25.7 Å². The van der Waals surface area contributed by atoms with Gasteiger partial charge in [0.05, 0.1) is 12.6 Å². The van der Waals surface area contributed by atoms with E-state index >= 15 is 0 Å². The van der Waals surface area contributed by atoms with E-state index in [9.17, 15) is 29.0 Å². The minimum absolute atomic E-state index is 0.229. The number of rotatable bonds is 11. The highest BCUT2D eigenvalue weighted by Gasteiger charge is 2.29. The highest BCUT2D eigenvalue weighted by atomic mass is 19.1. The van der Waals surface area contributed by atoms with E-state index in [-0.39, 0.29) is 12.8 Å².